The minimum absolute atomic E-state index is 0.207. The minimum atomic E-state index is -0.477. The third kappa shape index (κ3) is 6.95. The fourth-order valence-electron chi connectivity index (χ4n) is 2.76. The number of carbonyl (C=O) groups is 2. The molecule has 0 radical (unpaired) electrons. The number of aromatic nitrogens is 1. The zero-order chi connectivity index (χ0) is 22.9. The summed E-state index contributed by atoms with van der Waals surface area (Å²) in [5.41, 5.74) is 8.23. The second-order valence-corrected chi connectivity index (χ2v) is 8.17. The topological polar surface area (TPSA) is 89.6 Å². The highest BCUT2D eigenvalue weighted by molar-refractivity contribution is 7.09. The highest BCUT2D eigenvalue weighted by atomic mass is 32.1. The molecule has 0 fully saturated rings. The molecule has 0 spiro atoms. The number of hydrogen-bond acceptors (Lipinski definition) is 6. The SMILES string of the molecule is Cc1ccc(C)c(OCC(=O)NNC(=O)/C=C/c2ccccc2OCc2csc(C)n2)c1. The molecule has 0 unspecified atom stereocenters. The first-order valence-corrected chi connectivity index (χ1v) is 10.9. The van der Waals surface area contributed by atoms with E-state index >= 15 is 0 Å². The van der Waals surface area contributed by atoms with Crippen molar-refractivity contribution in [2.75, 3.05) is 6.61 Å². The first-order valence-electron chi connectivity index (χ1n) is 10.0. The van der Waals surface area contributed by atoms with E-state index in [2.05, 4.69) is 15.8 Å². The molecule has 1 aromatic heterocycles. The van der Waals surface area contributed by atoms with Crippen molar-refractivity contribution in [3.63, 3.8) is 0 Å². The lowest BCUT2D eigenvalue weighted by atomic mass is 10.1. The lowest BCUT2D eigenvalue weighted by Crippen LogP contribution is -2.43. The van der Waals surface area contributed by atoms with Crippen LogP contribution in [-0.4, -0.2) is 23.4 Å². The second kappa shape index (κ2) is 11.1. The van der Waals surface area contributed by atoms with Gasteiger partial charge in [0.2, 0.25) is 0 Å². The van der Waals surface area contributed by atoms with Crippen LogP contribution < -0.4 is 20.3 Å². The zero-order valence-electron chi connectivity index (χ0n) is 18.2. The van der Waals surface area contributed by atoms with E-state index in [1.54, 1.807) is 17.4 Å². The summed E-state index contributed by atoms with van der Waals surface area (Å²) in [5, 5.41) is 2.93. The van der Waals surface area contributed by atoms with Crippen molar-refractivity contribution in [3.05, 3.63) is 81.3 Å². The Labute approximate surface area is 191 Å². The predicted molar refractivity (Wildman–Crippen MR) is 124 cm³/mol. The Kier molecular flexibility index (Phi) is 7.99. The molecule has 0 aliphatic rings. The average Bonchev–Trinajstić information content (AvgIpc) is 3.21. The third-order valence-corrected chi connectivity index (χ3v) is 5.23. The van der Waals surface area contributed by atoms with Crippen molar-refractivity contribution in [1.29, 1.82) is 0 Å². The first kappa shape index (κ1) is 23.0. The van der Waals surface area contributed by atoms with Gasteiger partial charge in [0.25, 0.3) is 11.8 Å². The number of para-hydroxylation sites is 1. The van der Waals surface area contributed by atoms with E-state index in [9.17, 15) is 9.59 Å². The lowest BCUT2D eigenvalue weighted by Gasteiger charge is -2.10. The van der Waals surface area contributed by atoms with Gasteiger partial charge in [0.05, 0.1) is 10.7 Å². The molecular weight excluding hydrogens is 426 g/mol. The molecule has 32 heavy (non-hydrogen) atoms. The number of benzene rings is 2. The summed E-state index contributed by atoms with van der Waals surface area (Å²) >= 11 is 1.57. The summed E-state index contributed by atoms with van der Waals surface area (Å²) in [4.78, 5) is 28.4. The zero-order valence-corrected chi connectivity index (χ0v) is 19.0. The van der Waals surface area contributed by atoms with Gasteiger partial charge in [0, 0.05) is 17.0 Å². The van der Waals surface area contributed by atoms with Gasteiger partial charge in [-0.25, -0.2) is 4.98 Å². The Bertz CT molecular complexity index is 1120. The molecule has 2 amide bonds. The van der Waals surface area contributed by atoms with Crippen LogP contribution in [0, 0.1) is 20.8 Å². The van der Waals surface area contributed by atoms with Crippen molar-refractivity contribution < 1.29 is 19.1 Å². The molecule has 3 rings (SSSR count). The van der Waals surface area contributed by atoms with E-state index < -0.39 is 11.8 Å². The van der Waals surface area contributed by atoms with Crippen LogP contribution in [0.15, 0.2) is 53.9 Å². The monoisotopic (exact) mass is 451 g/mol. The predicted octanol–water partition coefficient (Wildman–Crippen LogP) is 3.89. The molecule has 2 N–H and O–H groups in total. The van der Waals surface area contributed by atoms with Crippen molar-refractivity contribution in [1.82, 2.24) is 15.8 Å². The molecule has 0 aliphatic heterocycles. The largest absolute Gasteiger partial charge is 0.487 e. The molecule has 0 saturated heterocycles. The van der Waals surface area contributed by atoms with E-state index in [1.807, 2.05) is 68.6 Å². The van der Waals surface area contributed by atoms with Crippen LogP contribution in [0.4, 0.5) is 0 Å². The summed E-state index contributed by atoms with van der Waals surface area (Å²) in [7, 11) is 0. The molecule has 8 heteroatoms. The van der Waals surface area contributed by atoms with E-state index in [0.717, 1.165) is 27.4 Å². The molecule has 0 saturated carbocycles. The summed E-state index contributed by atoms with van der Waals surface area (Å²) in [6, 6.07) is 13.1. The van der Waals surface area contributed by atoms with Gasteiger partial charge in [-0.15, -0.1) is 11.3 Å². The minimum Gasteiger partial charge on any atom is -0.487 e. The van der Waals surface area contributed by atoms with Gasteiger partial charge in [-0.1, -0.05) is 30.3 Å². The highest BCUT2D eigenvalue weighted by Gasteiger charge is 2.07. The molecule has 7 nitrogen and oxygen atoms in total. The molecular formula is C24H25N3O4S. The molecule has 166 valence electrons. The van der Waals surface area contributed by atoms with Gasteiger partial charge in [-0.2, -0.15) is 0 Å². The van der Waals surface area contributed by atoms with E-state index in [1.165, 1.54) is 6.08 Å². The van der Waals surface area contributed by atoms with Gasteiger partial charge < -0.3 is 9.47 Å². The quantitative estimate of drug-likeness (QED) is 0.401. The van der Waals surface area contributed by atoms with E-state index in [0.29, 0.717) is 18.1 Å². The maximum atomic E-state index is 12.1. The Hall–Kier alpha value is -3.65. The van der Waals surface area contributed by atoms with Crippen LogP contribution >= 0.6 is 11.3 Å². The third-order valence-electron chi connectivity index (χ3n) is 4.40. The van der Waals surface area contributed by atoms with Crippen molar-refractivity contribution in [3.8, 4) is 11.5 Å². The molecule has 2 aromatic carbocycles. The molecule has 3 aromatic rings. The number of ether oxygens (including phenoxy) is 2. The Balaban J connectivity index is 1.47. The van der Waals surface area contributed by atoms with Crippen molar-refractivity contribution in [2.24, 2.45) is 0 Å². The number of nitrogens with zero attached hydrogens (tertiary/aromatic N) is 1. The molecule has 0 aliphatic carbocycles. The summed E-state index contributed by atoms with van der Waals surface area (Å²) in [6.07, 6.45) is 2.94. The Morgan fingerprint density at radius 1 is 1.03 bits per heavy atom. The smallest absolute Gasteiger partial charge is 0.276 e. The number of thiazole rings is 1. The van der Waals surface area contributed by atoms with Gasteiger partial charge in [-0.05, 0) is 50.1 Å². The fraction of sp³-hybridized carbons (Fsp3) is 0.208. The van der Waals surface area contributed by atoms with Gasteiger partial charge in [0.15, 0.2) is 6.61 Å². The Morgan fingerprint density at radius 3 is 2.62 bits per heavy atom. The van der Waals surface area contributed by atoms with E-state index in [4.69, 9.17) is 9.47 Å². The number of nitrogens with one attached hydrogen (secondary N) is 2. The lowest BCUT2D eigenvalue weighted by molar-refractivity contribution is -0.128. The number of amides is 2. The van der Waals surface area contributed by atoms with E-state index in [-0.39, 0.29) is 6.61 Å². The summed E-state index contributed by atoms with van der Waals surface area (Å²) in [5.74, 6) is 0.328. The van der Waals surface area contributed by atoms with Crippen LogP contribution in [0.3, 0.4) is 0 Å². The van der Waals surface area contributed by atoms with Crippen LogP contribution in [0.5, 0.6) is 11.5 Å². The molecule has 0 bridgehead atoms. The van der Waals surface area contributed by atoms with Crippen LogP contribution in [0.2, 0.25) is 0 Å². The number of carbonyl (C=O) groups excluding carboxylic acids is 2. The van der Waals surface area contributed by atoms with Crippen LogP contribution in [0.25, 0.3) is 6.08 Å². The number of rotatable bonds is 8. The maximum absolute atomic E-state index is 12.1. The number of aryl methyl sites for hydroxylation is 3. The maximum Gasteiger partial charge on any atom is 0.276 e. The number of hydrogen-bond donors (Lipinski definition) is 2. The van der Waals surface area contributed by atoms with Crippen molar-refractivity contribution in [2.45, 2.75) is 27.4 Å². The van der Waals surface area contributed by atoms with Gasteiger partial charge >= 0.3 is 0 Å². The number of hydrazine groups is 1. The van der Waals surface area contributed by atoms with Crippen LogP contribution in [0.1, 0.15) is 27.4 Å². The average molecular weight is 452 g/mol. The van der Waals surface area contributed by atoms with Gasteiger partial charge in [-0.3, -0.25) is 20.4 Å². The second-order valence-electron chi connectivity index (χ2n) is 7.11. The fourth-order valence-corrected chi connectivity index (χ4v) is 3.35. The summed E-state index contributed by atoms with van der Waals surface area (Å²) < 4.78 is 11.4. The normalized spacial score (nSPS) is 10.7. The summed E-state index contributed by atoms with van der Waals surface area (Å²) in [6.45, 7) is 5.93. The highest BCUT2D eigenvalue weighted by Crippen LogP contribution is 2.21. The molecule has 1 heterocycles. The van der Waals surface area contributed by atoms with Crippen LogP contribution in [-0.2, 0) is 16.2 Å². The Morgan fingerprint density at radius 2 is 1.84 bits per heavy atom. The van der Waals surface area contributed by atoms with Gasteiger partial charge in [0.1, 0.15) is 18.1 Å². The molecule has 0 atom stereocenters. The van der Waals surface area contributed by atoms with Crippen molar-refractivity contribution >= 4 is 29.2 Å². The first-order chi connectivity index (χ1) is 15.4. The standard InChI is InChI=1S/C24H25N3O4S/c1-16-8-9-17(2)22(12-16)31-14-24(29)27-26-23(28)11-10-19-6-4-5-7-21(19)30-13-20-15-32-18(3)25-20/h4-12,15H,13-14H2,1-3H3,(H,26,28)(H,27,29)/b11-10+.